The second kappa shape index (κ2) is 6.14. The van der Waals surface area contributed by atoms with Crippen LogP contribution in [0.4, 0.5) is 4.39 Å². The van der Waals surface area contributed by atoms with E-state index in [9.17, 15) is 9.18 Å². The van der Waals surface area contributed by atoms with Crippen LogP contribution < -0.4 is 5.32 Å². The molecule has 0 saturated carbocycles. The van der Waals surface area contributed by atoms with Gasteiger partial charge in [-0.05, 0) is 30.2 Å². The van der Waals surface area contributed by atoms with Crippen LogP contribution in [0, 0.1) is 5.82 Å². The number of carbonyl (C=O) groups excluding carboxylic acids is 1. The van der Waals surface area contributed by atoms with Crippen LogP contribution in [0.2, 0.25) is 0 Å². The molecule has 2 aromatic rings. The lowest BCUT2D eigenvalue weighted by molar-refractivity contribution is -0.121. The largest absolute Gasteiger partial charge is 0.349 e. The SMILES string of the molecule is C[C@H](NC(=O)Cc1ccccc1)c1ccc(F)cc1. The van der Waals surface area contributed by atoms with E-state index in [0.29, 0.717) is 6.42 Å². The second-order valence-electron chi connectivity index (χ2n) is 4.50. The highest BCUT2D eigenvalue weighted by Gasteiger charge is 2.09. The summed E-state index contributed by atoms with van der Waals surface area (Å²) < 4.78 is 12.8. The van der Waals surface area contributed by atoms with E-state index in [1.807, 2.05) is 37.3 Å². The lowest BCUT2D eigenvalue weighted by Gasteiger charge is -2.14. The molecule has 2 rings (SSSR count). The van der Waals surface area contributed by atoms with Crippen molar-refractivity contribution in [3.8, 4) is 0 Å². The van der Waals surface area contributed by atoms with E-state index in [0.717, 1.165) is 11.1 Å². The molecule has 1 N–H and O–H groups in total. The number of benzene rings is 2. The van der Waals surface area contributed by atoms with Crippen LogP contribution in [0.1, 0.15) is 24.1 Å². The number of halogens is 1. The fourth-order valence-electron chi connectivity index (χ4n) is 1.91. The highest BCUT2D eigenvalue weighted by atomic mass is 19.1. The number of hydrogen-bond donors (Lipinski definition) is 1. The first-order chi connectivity index (χ1) is 9.15. The molecule has 0 aliphatic rings. The van der Waals surface area contributed by atoms with Gasteiger partial charge in [0, 0.05) is 0 Å². The lowest BCUT2D eigenvalue weighted by Crippen LogP contribution is -2.28. The molecule has 0 heterocycles. The van der Waals surface area contributed by atoms with Crippen LogP contribution in [-0.2, 0) is 11.2 Å². The molecular formula is C16H16FNO. The van der Waals surface area contributed by atoms with Crippen molar-refractivity contribution >= 4 is 5.91 Å². The number of rotatable bonds is 4. The van der Waals surface area contributed by atoms with Gasteiger partial charge in [0.15, 0.2) is 0 Å². The molecule has 1 atom stereocenters. The zero-order chi connectivity index (χ0) is 13.7. The maximum Gasteiger partial charge on any atom is 0.224 e. The first kappa shape index (κ1) is 13.3. The van der Waals surface area contributed by atoms with Gasteiger partial charge in [0.1, 0.15) is 5.82 Å². The van der Waals surface area contributed by atoms with E-state index in [1.165, 1.54) is 12.1 Å². The van der Waals surface area contributed by atoms with Gasteiger partial charge in [0.2, 0.25) is 5.91 Å². The molecule has 0 aromatic heterocycles. The molecule has 2 aromatic carbocycles. The fourth-order valence-corrected chi connectivity index (χ4v) is 1.91. The van der Waals surface area contributed by atoms with Gasteiger partial charge in [-0.1, -0.05) is 42.5 Å². The van der Waals surface area contributed by atoms with E-state index in [2.05, 4.69) is 5.32 Å². The predicted molar refractivity (Wildman–Crippen MR) is 73.1 cm³/mol. The minimum atomic E-state index is -0.272. The smallest absolute Gasteiger partial charge is 0.224 e. The summed E-state index contributed by atoms with van der Waals surface area (Å²) in [5.41, 5.74) is 1.87. The van der Waals surface area contributed by atoms with Crippen LogP contribution >= 0.6 is 0 Å². The molecular weight excluding hydrogens is 241 g/mol. The van der Waals surface area contributed by atoms with E-state index in [4.69, 9.17) is 0 Å². The molecule has 0 unspecified atom stereocenters. The lowest BCUT2D eigenvalue weighted by atomic mass is 10.1. The van der Waals surface area contributed by atoms with Gasteiger partial charge in [-0.3, -0.25) is 4.79 Å². The van der Waals surface area contributed by atoms with Crippen molar-refractivity contribution in [3.05, 3.63) is 71.5 Å². The summed E-state index contributed by atoms with van der Waals surface area (Å²) in [6.07, 6.45) is 0.354. The molecule has 0 spiro atoms. The van der Waals surface area contributed by atoms with Crippen molar-refractivity contribution in [2.24, 2.45) is 0 Å². The predicted octanol–water partition coefficient (Wildman–Crippen LogP) is 3.25. The Bertz CT molecular complexity index is 536. The third-order valence-corrected chi connectivity index (χ3v) is 2.96. The van der Waals surface area contributed by atoms with Crippen LogP contribution in [0.25, 0.3) is 0 Å². The van der Waals surface area contributed by atoms with E-state index in [1.54, 1.807) is 12.1 Å². The molecule has 19 heavy (non-hydrogen) atoms. The minimum absolute atomic E-state index is 0.0389. The van der Waals surface area contributed by atoms with E-state index < -0.39 is 0 Å². The van der Waals surface area contributed by atoms with Crippen LogP contribution in [0.15, 0.2) is 54.6 Å². The second-order valence-corrected chi connectivity index (χ2v) is 4.50. The van der Waals surface area contributed by atoms with Crippen molar-refractivity contribution in [1.29, 1.82) is 0 Å². The molecule has 0 aliphatic heterocycles. The Kier molecular flexibility index (Phi) is 4.29. The third kappa shape index (κ3) is 3.91. The topological polar surface area (TPSA) is 29.1 Å². The Morgan fingerprint density at radius 1 is 1.11 bits per heavy atom. The van der Waals surface area contributed by atoms with Gasteiger partial charge in [-0.25, -0.2) is 4.39 Å². The molecule has 0 fully saturated rings. The van der Waals surface area contributed by atoms with Crippen molar-refractivity contribution in [2.75, 3.05) is 0 Å². The molecule has 0 radical (unpaired) electrons. The summed E-state index contributed by atoms with van der Waals surface area (Å²) in [7, 11) is 0. The zero-order valence-electron chi connectivity index (χ0n) is 10.8. The van der Waals surface area contributed by atoms with Gasteiger partial charge < -0.3 is 5.32 Å². The van der Waals surface area contributed by atoms with Crippen molar-refractivity contribution in [2.45, 2.75) is 19.4 Å². The summed E-state index contributed by atoms with van der Waals surface area (Å²) in [6.45, 7) is 1.89. The highest BCUT2D eigenvalue weighted by molar-refractivity contribution is 5.78. The summed E-state index contributed by atoms with van der Waals surface area (Å²) in [5, 5.41) is 2.90. The Hall–Kier alpha value is -2.16. The zero-order valence-corrected chi connectivity index (χ0v) is 10.8. The van der Waals surface area contributed by atoms with E-state index in [-0.39, 0.29) is 17.8 Å². The normalized spacial score (nSPS) is 11.9. The Balaban J connectivity index is 1.93. The number of amides is 1. The summed E-state index contributed by atoms with van der Waals surface area (Å²) in [5.74, 6) is -0.311. The van der Waals surface area contributed by atoms with Gasteiger partial charge in [0.05, 0.1) is 12.5 Å². The number of carbonyl (C=O) groups is 1. The van der Waals surface area contributed by atoms with Crippen LogP contribution in [0.3, 0.4) is 0 Å². The molecule has 1 amide bonds. The van der Waals surface area contributed by atoms with Crippen molar-refractivity contribution in [1.82, 2.24) is 5.32 Å². The summed E-state index contributed by atoms with van der Waals surface area (Å²) >= 11 is 0. The highest BCUT2D eigenvalue weighted by Crippen LogP contribution is 2.13. The average Bonchev–Trinajstić information content (AvgIpc) is 2.40. The molecule has 0 saturated heterocycles. The maximum atomic E-state index is 12.8. The first-order valence-corrected chi connectivity index (χ1v) is 6.24. The first-order valence-electron chi connectivity index (χ1n) is 6.24. The van der Waals surface area contributed by atoms with Gasteiger partial charge in [-0.15, -0.1) is 0 Å². The Labute approximate surface area is 112 Å². The van der Waals surface area contributed by atoms with Crippen molar-refractivity contribution in [3.63, 3.8) is 0 Å². The van der Waals surface area contributed by atoms with Crippen LogP contribution in [0.5, 0.6) is 0 Å². The van der Waals surface area contributed by atoms with E-state index >= 15 is 0 Å². The quantitative estimate of drug-likeness (QED) is 0.895. The Morgan fingerprint density at radius 2 is 1.74 bits per heavy atom. The fraction of sp³-hybridized carbons (Fsp3) is 0.188. The number of nitrogens with one attached hydrogen (secondary N) is 1. The van der Waals surface area contributed by atoms with Crippen LogP contribution in [-0.4, -0.2) is 5.91 Å². The number of hydrogen-bond acceptors (Lipinski definition) is 1. The summed E-state index contributed by atoms with van der Waals surface area (Å²) in [4.78, 5) is 11.9. The van der Waals surface area contributed by atoms with Gasteiger partial charge >= 0.3 is 0 Å². The molecule has 98 valence electrons. The minimum Gasteiger partial charge on any atom is -0.349 e. The van der Waals surface area contributed by atoms with Gasteiger partial charge in [0.25, 0.3) is 0 Å². The molecule has 0 bridgehead atoms. The van der Waals surface area contributed by atoms with Crippen molar-refractivity contribution < 1.29 is 9.18 Å². The summed E-state index contributed by atoms with van der Waals surface area (Å²) in [6, 6.07) is 15.6. The Morgan fingerprint density at radius 3 is 2.37 bits per heavy atom. The third-order valence-electron chi connectivity index (χ3n) is 2.96. The monoisotopic (exact) mass is 257 g/mol. The van der Waals surface area contributed by atoms with Gasteiger partial charge in [-0.2, -0.15) is 0 Å². The standard InChI is InChI=1S/C16H16FNO/c1-12(14-7-9-15(17)10-8-14)18-16(19)11-13-5-3-2-4-6-13/h2-10,12H,11H2,1H3,(H,18,19)/t12-/m0/s1. The average molecular weight is 257 g/mol. The molecule has 0 aliphatic carbocycles. The maximum absolute atomic E-state index is 12.8. The molecule has 2 nitrogen and oxygen atoms in total. The molecule has 3 heteroatoms.